The molecule has 10 atom stereocenters. The van der Waals surface area contributed by atoms with Crippen molar-refractivity contribution in [2.75, 3.05) is 90.4 Å². The zero-order valence-electron chi connectivity index (χ0n) is 48.9. The Morgan fingerprint density at radius 1 is 0.753 bits per heavy atom. The predicted octanol–water partition coefficient (Wildman–Crippen LogP) is 6.85. The smallest absolute Gasteiger partial charge is 0.245 e. The van der Waals surface area contributed by atoms with Crippen LogP contribution in [0.5, 0.6) is 0 Å². The first-order valence-electron chi connectivity index (χ1n) is 27.5. The van der Waals surface area contributed by atoms with Crippen LogP contribution in [0.25, 0.3) is 0 Å². The second kappa shape index (κ2) is 33.7. The van der Waals surface area contributed by atoms with Crippen LogP contribution in [0, 0.1) is 29.6 Å². The van der Waals surface area contributed by atoms with Gasteiger partial charge in [-0.05, 0) is 61.0 Å². The highest BCUT2D eigenvalue weighted by Gasteiger charge is 2.43. The van der Waals surface area contributed by atoms with Gasteiger partial charge in [-0.1, -0.05) is 104 Å². The summed E-state index contributed by atoms with van der Waals surface area (Å²) in [4.78, 5) is 106. The molecular weight excluding hydrogens is 1040 g/mol. The van der Waals surface area contributed by atoms with Crippen molar-refractivity contribution in [3.63, 3.8) is 0 Å². The van der Waals surface area contributed by atoms with Gasteiger partial charge in [0, 0.05) is 77.3 Å². The molecule has 0 aromatic heterocycles. The summed E-state index contributed by atoms with van der Waals surface area (Å²) >= 11 is 4.37. The van der Waals surface area contributed by atoms with Gasteiger partial charge in [-0.15, -0.1) is 0 Å². The lowest BCUT2D eigenvalue weighted by atomic mass is 9.83. The molecule has 2 saturated heterocycles. The highest BCUT2D eigenvalue weighted by atomic mass is 32.2. The molecule has 0 unspecified atom stereocenters. The SMILES string of the molecule is C=C(C[C@H](C)[C@@H](O)c1ccccc1)[C@H](C)[C@@H](OC)[C@@H]1CCCN1C(=O)C[C@@H](OC)[C@H]([C@@H](C)CC)N(C)C(=O)[C@@H](NC(=O)[C@H](C(C)C)N(C)C(=O)CSCCC(=O)N1CN(C(=O)CCSC)CN(C(=O)CCSC)C1)C(C)C. The number of amides is 7. The number of carbonyl (C=O) groups excluding carboxylic acids is 7. The van der Waals surface area contributed by atoms with E-state index in [1.807, 2.05) is 96.2 Å². The van der Waals surface area contributed by atoms with Crippen molar-refractivity contribution < 1.29 is 48.1 Å². The summed E-state index contributed by atoms with van der Waals surface area (Å²) in [5.41, 5.74) is 1.80. The Bertz CT molecular complexity index is 2040. The van der Waals surface area contributed by atoms with E-state index in [0.717, 1.165) is 24.0 Å². The maximum absolute atomic E-state index is 14.8. The van der Waals surface area contributed by atoms with Crippen LogP contribution in [0.1, 0.15) is 118 Å². The van der Waals surface area contributed by atoms with E-state index in [9.17, 15) is 38.7 Å². The maximum Gasteiger partial charge on any atom is 0.245 e. The van der Waals surface area contributed by atoms with Crippen molar-refractivity contribution in [1.29, 1.82) is 0 Å². The van der Waals surface area contributed by atoms with E-state index in [1.165, 1.54) is 21.6 Å². The van der Waals surface area contributed by atoms with Gasteiger partial charge in [0.1, 0.15) is 12.1 Å². The third-order valence-electron chi connectivity index (χ3n) is 15.5. The second-order valence-electron chi connectivity index (χ2n) is 21.7. The predicted molar refractivity (Wildman–Crippen MR) is 312 cm³/mol. The van der Waals surface area contributed by atoms with E-state index in [-0.39, 0.29) is 116 Å². The monoisotopic (exact) mass is 1130 g/mol. The van der Waals surface area contributed by atoms with Crippen LogP contribution in [0.15, 0.2) is 42.5 Å². The molecule has 436 valence electrons. The maximum atomic E-state index is 14.8. The third-order valence-corrected chi connectivity index (χ3v) is 17.7. The number of likely N-dealkylation sites (N-methyl/N-ethyl adjacent to an activating group) is 2. The molecule has 77 heavy (non-hydrogen) atoms. The fraction of sp³-hybridized carbons (Fsp3) is 0.737. The van der Waals surface area contributed by atoms with Crippen LogP contribution in [-0.2, 0) is 43.0 Å². The number of hydrogen-bond acceptors (Lipinski definition) is 13. The molecule has 1 aromatic rings. The van der Waals surface area contributed by atoms with E-state index in [0.29, 0.717) is 49.5 Å². The van der Waals surface area contributed by atoms with Crippen molar-refractivity contribution >= 4 is 76.6 Å². The summed E-state index contributed by atoms with van der Waals surface area (Å²) < 4.78 is 12.3. The minimum absolute atomic E-state index is 0.0000427. The van der Waals surface area contributed by atoms with Crippen LogP contribution in [0.4, 0.5) is 0 Å². The Kier molecular flexibility index (Phi) is 29.5. The summed E-state index contributed by atoms with van der Waals surface area (Å²) in [6.45, 7) is 20.9. The van der Waals surface area contributed by atoms with Crippen molar-refractivity contribution in [2.24, 2.45) is 29.6 Å². The number of nitrogens with zero attached hydrogens (tertiary/aromatic N) is 6. The molecule has 2 aliphatic heterocycles. The van der Waals surface area contributed by atoms with E-state index >= 15 is 0 Å². The van der Waals surface area contributed by atoms with Crippen LogP contribution >= 0.6 is 35.3 Å². The molecule has 2 heterocycles. The summed E-state index contributed by atoms with van der Waals surface area (Å²) in [5, 5.41) is 14.1. The van der Waals surface area contributed by atoms with Crippen molar-refractivity contribution in [3.8, 4) is 0 Å². The number of benzene rings is 1. The number of nitrogens with one attached hydrogen (secondary N) is 1. The van der Waals surface area contributed by atoms with Crippen molar-refractivity contribution in [1.82, 2.24) is 34.7 Å². The van der Waals surface area contributed by atoms with Gasteiger partial charge in [0.15, 0.2) is 0 Å². The van der Waals surface area contributed by atoms with Crippen molar-refractivity contribution in [2.45, 2.75) is 149 Å². The van der Waals surface area contributed by atoms with Gasteiger partial charge in [0.2, 0.25) is 41.4 Å². The Morgan fingerprint density at radius 3 is 1.78 bits per heavy atom. The van der Waals surface area contributed by atoms with Gasteiger partial charge >= 0.3 is 0 Å². The van der Waals surface area contributed by atoms with Crippen LogP contribution in [0.2, 0.25) is 0 Å². The number of aliphatic hydroxyl groups excluding tert-OH is 1. The number of rotatable bonds is 32. The van der Waals surface area contributed by atoms with Gasteiger partial charge in [-0.3, -0.25) is 33.6 Å². The van der Waals surface area contributed by atoms with Crippen molar-refractivity contribution in [3.05, 3.63) is 48.0 Å². The average Bonchev–Trinajstić information content (AvgIpc) is 3.90. The lowest BCUT2D eigenvalue weighted by Crippen LogP contribution is -2.60. The number of aliphatic hydroxyl groups is 1. The second-order valence-corrected chi connectivity index (χ2v) is 24.8. The molecular formula is C57H95N7O10S3. The number of ether oxygens (including phenoxy) is 2. The molecule has 7 amide bonds. The van der Waals surface area contributed by atoms with Crippen LogP contribution in [0.3, 0.4) is 0 Å². The number of thioether (sulfide) groups is 3. The van der Waals surface area contributed by atoms with Crippen LogP contribution in [-0.4, -0.2) is 203 Å². The number of likely N-dealkylation sites (tertiary alicyclic amines) is 1. The molecule has 0 aliphatic carbocycles. The average molecular weight is 1130 g/mol. The first-order chi connectivity index (χ1) is 36.5. The number of carbonyl (C=O) groups is 7. The Balaban J connectivity index is 1.68. The molecule has 0 bridgehead atoms. The summed E-state index contributed by atoms with van der Waals surface area (Å²) in [6, 6.07) is 6.99. The van der Waals surface area contributed by atoms with Gasteiger partial charge < -0.3 is 49.3 Å². The molecule has 2 fully saturated rings. The molecule has 2 aliphatic rings. The quantitative estimate of drug-likeness (QED) is 0.0564. The molecule has 20 heteroatoms. The first-order valence-corrected chi connectivity index (χ1v) is 31.4. The lowest BCUT2D eigenvalue weighted by molar-refractivity contribution is -0.158. The third kappa shape index (κ3) is 19.5. The van der Waals surface area contributed by atoms with Crippen LogP contribution < -0.4 is 5.32 Å². The topological polar surface area (TPSA) is 190 Å². The largest absolute Gasteiger partial charge is 0.388 e. The van der Waals surface area contributed by atoms with Gasteiger partial charge in [0.05, 0.1) is 62.6 Å². The van der Waals surface area contributed by atoms with E-state index in [1.54, 1.807) is 66.5 Å². The summed E-state index contributed by atoms with van der Waals surface area (Å²) in [5.74, 6) is -1.07. The Morgan fingerprint density at radius 2 is 1.30 bits per heavy atom. The van der Waals surface area contributed by atoms with Gasteiger partial charge in [0.25, 0.3) is 0 Å². The molecule has 17 nitrogen and oxygen atoms in total. The highest BCUT2D eigenvalue weighted by Crippen LogP contribution is 2.35. The fourth-order valence-electron chi connectivity index (χ4n) is 10.6. The minimum Gasteiger partial charge on any atom is -0.388 e. The standard InChI is InChI=1S/C57H95N7O10S3/c1-16-39(6)53(45(73-12)32-49(68)64-27-20-23-44(64)55(74-13)42(9)40(7)31-41(8)54(70)43-21-18-17-19-22-43)60(11)57(72)51(37(2)3)58-56(71)52(38(4)5)59(10)50(69)33-77-30-26-48(67)63-35-61(46(65)24-28-75-14)34-62(36-63)47(66)25-29-76-15/h17-19,21-22,37-39,41-42,44-45,51-55,70H,7,16,20,23-36H2,1-6,8-15H3,(H,58,71)/t39-,41-,42-,44-,45+,51-,52-,53-,54+,55+/m0/s1. The van der Waals surface area contributed by atoms with Gasteiger partial charge in [-0.2, -0.15) is 35.3 Å². The normalized spacial score (nSPS) is 18.5. The Labute approximate surface area is 474 Å². The fourth-order valence-corrected chi connectivity index (χ4v) is 12.2. The number of hydrogen-bond donors (Lipinski definition) is 2. The summed E-state index contributed by atoms with van der Waals surface area (Å²) in [7, 11) is 6.51. The molecule has 3 rings (SSSR count). The highest BCUT2D eigenvalue weighted by molar-refractivity contribution is 8.00. The number of methoxy groups -OCH3 is 2. The molecule has 0 radical (unpaired) electrons. The van der Waals surface area contributed by atoms with E-state index in [4.69, 9.17) is 9.47 Å². The Hall–Kier alpha value is -3.82. The van der Waals surface area contributed by atoms with E-state index in [2.05, 4.69) is 18.8 Å². The zero-order valence-corrected chi connectivity index (χ0v) is 51.3. The lowest BCUT2D eigenvalue weighted by Gasteiger charge is -2.42. The van der Waals surface area contributed by atoms with E-state index < -0.39 is 36.2 Å². The molecule has 0 spiro atoms. The van der Waals surface area contributed by atoms with Gasteiger partial charge in [-0.25, -0.2) is 0 Å². The first kappa shape index (κ1) is 67.5. The summed E-state index contributed by atoms with van der Waals surface area (Å²) in [6.07, 6.45) is 5.75. The minimum atomic E-state index is -0.961. The molecule has 2 N–H and O–H groups in total. The molecule has 1 aromatic carbocycles. The zero-order chi connectivity index (χ0) is 57.7. The molecule has 0 saturated carbocycles.